The van der Waals surface area contributed by atoms with E-state index in [-0.39, 0.29) is 5.78 Å². The number of hydrogen-bond donors (Lipinski definition) is 1. The van der Waals surface area contributed by atoms with E-state index in [0.29, 0.717) is 11.7 Å². The fraction of sp³-hybridized carbons (Fsp3) is 0.381. The van der Waals surface area contributed by atoms with E-state index < -0.39 is 0 Å². The molecular formula is C21H26N4OS2. The van der Waals surface area contributed by atoms with Gasteiger partial charge in [-0.05, 0) is 44.4 Å². The summed E-state index contributed by atoms with van der Waals surface area (Å²) >= 11 is 2.90. The molecule has 3 aromatic rings. The maximum Gasteiger partial charge on any atom is 0.210 e. The quantitative estimate of drug-likeness (QED) is 0.358. The molecule has 148 valence electrons. The van der Waals surface area contributed by atoms with Crippen LogP contribution in [0.3, 0.4) is 0 Å². The third-order valence-electron chi connectivity index (χ3n) is 4.56. The van der Waals surface area contributed by atoms with E-state index in [1.807, 2.05) is 43.3 Å². The van der Waals surface area contributed by atoms with Crippen molar-refractivity contribution in [2.75, 3.05) is 11.1 Å². The molecule has 1 aromatic carbocycles. The third kappa shape index (κ3) is 5.23. The Bertz CT molecular complexity index is 931. The Balaban J connectivity index is 1.59. The summed E-state index contributed by atoms with van der Waals surface area (Å²) in [5.41, 5.74) is 4.00. The smallest absolute Gasteiger partial charge is 0.210 e. The first kappa shape index (κ1) is 20.6. The van der Waals surface area contributed by atoms with Gasteiger partial charge in [-0.1, -0.05) is 55.1 Å². The predicted octanol–water partition coefficient (Wildman–Crippen LogP) is 5.72. The molecule has 2 aromatic heterocycles. The maximum absolute atomic E-state index is 12.7. The highest BCUT2D eigenvalue weighted by atomic mass is 32.2. The number of nitrogens with zero attached hydrogens (tertiary/aromatic N) is 3. The summed E-state index contributed by atoms with van der Waals surface area (Å²) in [5, 5.41) is 12.3. The number of thioether (sulfide) groups is 1. The molecule has 28 heavy (non-hydrogen) atoms. The second-order valence-electron chi connectivity index (χ2n) is 7.19. The predicted molar refractivity (Wildman–Crippen MR) is 118 cm³/mol. The molecule has 0 fully saturated rings. The summed E-state index contributed by atoms with van der Waals surface area (Å²) in [6, 6.07) is 11.9. The van der Waals surface area contributed by atoms with Gasteiger partial charge in [0.15, 0.2) is 10.1 Å². The van der Waals surface area contributed by atoms with Crippen LogP contribution in [0.4, 0.5) is 10.8 Å². The molecule has 5 nitrogen and oxygen atoms in total. The first-order valence-corrected chi connectivity index (χ1v) is 11.2. The Labute approximate surface area is 174 Å². The van der Waals surface area contributed by atoms with E-state index in [4.69, 9.17) is 0 Å². The number of anilines is 2. The number of nitrogens with one attached hydrogen (secondary N) is 1. The number of Topliss-reactive ketones (excluding diaryl/α,β-unsaturated/α-hetero) is 1. The summed E-state index contributed by atoms with van der Waals surface area (Å²) in [7, 11) is 0. The molecule has 0 amide bonds. The van der Waals surface area contributed by atoms with Gasteiger partial charge in [-0.2, -0.15) is 0 Å². The van der Waals surface area contributed by atoms with Crippen LogP contribution in [0.2, 0.25) is 0 Å². The summed E-state index contributed by atoms with van der Waals surface area (Å²) < 4.78 is 3.05. The van der Waals surface area contributed by atoms with Crippen LogP contribution in [0.5, 0.6) is 0 Å². The monoisotopic (exact) mass is 414 g/mol. The second-order valence-corrected chi connectivity index (χ2v) is 9.39. The van der Waals surface area contributed by atoms with E-state index >= 15 is 0 Å². The lowest BCUT2D eigenvalue weighted by molar-refractivity contribution is 0.102. The largest absolute Gasteiger partial charge is 0.348 e. The van der Waals surface area contributed by atoms with Crippen molar-refractivity contribution in [1.29, 1.82) is 0 Å². The number of para-hydroxylation sites is 1. The Hall–Kier alpha value is -2.12. The van der Waals surface area contributed by atoms with Gasteiger partial charge < -0.3 is 9.88 Å². The number of benzene rings is 1. The Morgan fingerprint density at radius 2 is 1.96 bits per heavy atom. The van der Waals surface area contributed by atoms with E-state index in [2.05, 4.69) is 40.9 Å². The average molecular weight is 415 g/mol. The standard InChI is InChI=1S/C21H26N4OS2/c1-14(2)10-11-25-15(3)12-18(16(25)4)19(26)13-27-21-24-23-20(28-21)22-17-8-6-5-7-9-17/h5-9,12,14H,10-11,13H2,1-4H3,(H,22,23). The van der Waals surface area contributed by atoms with Gasteiger partial charge in [0.1, 0.15) is 0 Å². The van der Waals surface area contributed by atoms with Gasteiger partial charge >= 0.3 is 0 Å². The molecule has 0 aliphatic rings. The third-order valence-corrected chi connectivity index (χ3v) is 6.53. The molecule has 0 saturated carbocycles. The highest BCUT2D eigenvalue weighted by molar-refractivity contribution is 8.01. The van der Waals surface area contributed by atoms with Gasteiger partial charge in [-0.25, -0.2) is 0 Å². The maximum atomic E-state index is 12.7. The number of aromatic nitrogens is 3. The van der Waals surface area contributed by atoms with Crippen LogP contribution >= 0.6 is 23.1 Å². The van der Waals surface area contributed by atoms with Crippen LogP contribution in [-0.4, -0.2) is 26.3 Å². The van der Waals surface area contributed by atoms with Crippen LogP contribution < -0.4 is 5.32 Å². The van der Waals surface area contributed by atoms with E-state index in [9.17, 15) is 4.79 Å². The van der Waals surface area contributed by atoms with Crippen LogP contribution in [0.25, 0.3) is 0 Å². The lowest BCUT2D eigenvalue weighted by Crippen LogP contribution is -2.08. The summed E-state index contributed by atoms with van der Waals surface area (Å²) in [6.07, 6.45) is 1.11. The number of rotatable bonds is 9. The van der Waals surface area contributed by atoms with Crippen LogP contribution in [0, 0.1) is 19.8 Å². The zero-order valence-electron chi connectivity index (χ0n) is 16.7. The molecule has 1 N–H and O–H groups in total. The first-order valence-electron chi connectivity index (χ1n) is 9.42. The number of carbonyl (C=O) groups excluding carboxylic acids is 1. The highest BCUT2D eigenvalue weighted by Gasteiger charge is 2.17. The molecule has 0 aliphatic carbocycles. The summed E-state index contributed by atoms with van der Waals surface area (Å²) in [5.74, 6) is 1.16. The minimum atomic E-state index is 0.140. The van der Waals surface area contributed by atoms with Crippen LogP contribution in [-0.2, 0) is 6.54 Å². The summed E-state index contributed by atoms with van der Waals surface area (Å²) in [4.78, 5) is 12.7. The van der Waals surface area contributed by atoms with Crippen molar-refractivity contribution in [2.45, 2.75) is 45.0 Å². The number of ketones is 1. The van der Waals surface area contributed by atoms with Crippen molar-refractivity contribution in [1.82, 2.24) is 14.8 Å². The van der Waals surface area contributed by atoms with E-state index in [1.165, 1.54) is 23.1 Å². The normalized spacial score (nSPS) is 11.2. The Morgan fingerprint density at radius 3 is 2.68 bits per heavy atom. The van der Waals surface area contributed by atoms with E-state index in [1.54, 1.807) is 0 Å². The minimum absolute atomic E-state index is 0.140. The molecule has 2 heterocycles. The molecule has 0 aliphatic heterocycles. The van der Waals surface area contributed by atoms with Gasteiger partial charge in [-0.15, -0.1) is 10.2 Å². The molecule has 0 saturated heterocycles. The molecule has 0 spiro atoms. The van der Waals surface area contributed by atoms with Gasteiger partial charge in [0.05, 0.1) is 5.75 Å². The molecule has 0 atom stereocenters. The van der Waals surface area contributed by atoms with Gasteiger partial charge in [-0.3, -0.25) is 4.79 Å². The molecule has 7 heteroatoms. The molecule has 3 rings (SSSR count). The van der Waals surface area contributed by atoms with Gasteiger partial charge in [0, 0.05) is 29.2 Å². The average Bonchev–Trinajstić information content (AvgIpc) is 3.23. The van der Waals surface area contributed by atoms with Crippen molar-refractivity contribution in [3.8, 4) is 0 Å². The van der Waals surface area contributed by atoms with Crippen molar-refractivity contribution in [3.05, 3.63) is 53.3 Å². The molecule has 0 bridgehead atoms. The van der Waals surface area contributed by atoms with E-state index in [0.717, 1.165) is 45.1 Å². The van der Waals surface area contributed by atoms with Crippen molar-refractivity contribution in [3.63, 3.8) is 0 Å². The zero-order chi connectivity index (χ0) is 20.1. The fourth-order valence-corrected chi connectivity index (χ4v) is 4.64. The van der Waals surface area contributed by atoms with Gasteiger partial charge in [0.25, 0.3) is 0 Å². The van der Waals surface area contributed by atoms with Crippen LogP contribution in [0.15, 0.2) is 40.7 Å². The molecule has 0 unspecified atom stereocenters. The fourth-order valence-electron chi connectivity index (χ4n) is 2.98. The number of aryl methyl sites for hydroxylation is 1. The van der Waals surface area contributed by atoms with Crippen molar-refractivity contribution < 1.29 is 4.79 Å². The SMILES string of the molecule is Cc1cc(C(=O)CSc2nnc(Nc3ccccc3)s2)c(C)n1CCC(C)C. The summed E-state index contributed by atoms with van der Waals surface area (Å²) in [6.45, 7) is 9.52. The lowest BCUT2D eigenvalue weighted by atomic mass is 10.1. The number of hydrogen-bond acceptors (Lipinski definition) is 6. The second kappa shape index (κ2) is 9.39. The van der Waals surface area contributed by atoms with Crippen LogP contribution in [0.1, 0.15) is 42.0 Å². The van der Waals surface area contributed by atoms with Gasteiger partial charge in [0.2, 0.25) is 5.13 Å². The number of carbonyl (C=O) groups is 1. The lowest BCUT2D eigenvalue weighted by Gasteiger charge is -2.11. The van der Waals surface area contributed by atoms with Crippen molar-refractivity contribution >= 4 is 39.7 Å². The Morgan fingerprint density at radius 1 is 1.21 bits per heavy atom. The van der Waals surface area contributed by atoms with Crippen molar-refractivity contribution in [2.24, 2.45) is 5.92 Å². The Kier molecular flexibility index (Phi) is 6.91. The minimum Gasteiger partial charge on any atom is -0.348 e. The zero-order valence-corrected chi connectivity index (χ0v) is 18.4. The molecular weight excluding hydrogens is 388 g/mol. The first-order chi connectivity index (χ1) is 13.4. The molecule has 0 radical (unpaired) electrons. The highest BCUT2D eigenvalue weighted by Crippen LogP contribution is 2.28. The topological polar surface area (TPSA) is 59.8 Å².